The summed E-state index contributed by atoms with van der Waals surface area (Å²) in [6.45, 7) is 5.18. The molecule has 1 aromatic carbocycles. The van der Waals surface area contributed by atoms with Crippen molar-refractivity contribution in [1.82, 2.24) is 9.38 Å². The Bertz CT molecular complexity index is 1180. The largest absolute Gasteiger partial charge is 0.393 e. The van der Waals surface area contributed by atoms with Crippen LogP contribution in [-0.4, -0.2) is 60.1 Å². The van der Waals surface area contributed by atoms with Gasteiger partial charge in [0, 0.05) is 33.4 Å². The first-order valence-electron chi connectivity index (χ1n) is 11.4. The molecule has 0 radical (unpaired) electrons. The number of hydrogen-bond acceptors (Lipinski definition) is 6. The van der Waals surface area contributed by atoms with Gasteiger partial charge in [0.25, 0.3) is 0 Å². The van der Waals surface area contributed by atoms with Gasteiger partial charge in [-0.2, -0.15) is 5.26 Å². The van der Waals surface area contributed by atoms with E-state index >= 15 is 0 Å². The number of anilines is 1. The lowest BCUT2D eigenvalue weighted by molar-refractivity contribution is -0.0673. The highest BCUT2D eigenvalue weighted by atomic mass is 35.5. The SMILES string of the molecule is COC1(CO)CCN(c2c(C)c(C3CCOCC3)c(C#N)c3nc4ccccc4n23)CC1.Cl. The number of aliphatic hydroxyl groups is 1. The van der Waals surface area contributed by atoms with Gasteiger partial charge in [-0.05, 0) is 61.8 Å². The van der Waals surface area contributed by atoms with Crippen molar-refractivity contribution in [2.45, 2.75) is 44.1 Å². The average Bonchev–Trinajstić information content (AvgIpc) is 3.23. The first kappa shape index (κ1) is 23.8. The molecule has 8 heteroatoms. The third kappa shape index (κ3) is 3.85. The molecular formula is C25H31ClN4O3. The summed E-state index contributed by atoms with van der Waals surface area (Å²) in [4.78, 5) is 7.30. The van der Waals surface area contributed by atoms with Crippen LogP contribution in [0.1, 0.15) is 48.3 Å². The molecule has 7 nitrogen and oxygen atoms in total. The zero-order valence-corrected chi connectivity index (χ0v) is 20.0. The molecule has 0 unspecified atom stereocenters. The Hall–Kier alpha value is -2.37. The zero-order valence-electron chi connectivity index (χ0n) is 19.2. The third-order valence-corrected chi connectivity index (χ3v) is 7.44. The zero-order chi connectivity index (χ0) is 22.3. The summed E-state index contributed by atoms with van der Waals surface area (Å²) in [5, 5.41) is 20.1. The van der Waals surface area contributed by atoms with Crippen LogP contribution >= 0.6 is 12.4 Å². The number of rotatable bonds is 4. The van der Waals surface area contributed by atoms with E-state index in [2.05, 4.69) is 28.4 Å². The van der Waals surface area contributed by atoms with Crippen molar-refractivity contribution in [3.8, 4) is 6.07 Å². The van der Waals surface area contributed by atoms with E-state index in [1.165, 1.54) is 0 Å². The van der Waals surface area contributed by atoms with E-state index in [9.17, 15) is 10.4 Å². The highest BCUT2D eigenvalue weighted by molar-refractivity contribution is 5.86. The van der Waals surface area contributed by atoms with Gasteiger partial charge in [-0.25, -0.2) is 4.98 Å². The van der Waals surface area contributed by atoms with Gasteiger partial charge in [0.15, 0.2) is 5.65 Å². The number of benzene rings is 1. The number of fused-ring (bicyclic) bond motifs is 3. The summed E-state index contributed by atoms with van der Waals surface area (Å²) in [5.74, 6) is 1.40. The van der Waals surface area contributed by atoms with E-state index in [-0.39, 0.29) is 19.0 Å². The standard InChI is InChI=1S/C25H30N4O3.ClH/c1-17-22(18-7-13-32-14-8-18)19(15-26)23-27-20-5-3-4-6-21(20)29(23)24(17)28-11-9-25(16-30,31-2)10-12-28;/h3-6,18,30H,7-14,16H2,1-2H3;1H. The number of aromatic nitrogens is 2. The van der Waals surface area contributed by atoms with Gasteiger partial charge in [0.1, 0.15) is 11.9 Å². The Balaban J connectivity index is 0.00000259. The molecule has 0 aliphatic carbocycles. The number of halogens is 1. The number of aliphatic hydroxyl groups excluding tert-OH is 1. The minimum Gasteiger partial charge on any atom is -0.393 e. The quantitative estimate of drug-likeness (QED) is 0.621. The summed E-state index contributed by atoms with van der Waals surface area (Å²) >= 11 is 0. The van der Waals surface area contributed by atoms with Crippen molar-refractivity contribution in [1.29, 1.82) is 5.26 Å². The Labute approximate surface area is 200 Å². The van der Waals surface area contributed by atoms with Crippen molar-refractivity contribution in [3.63, 3.8) is 0 Å². The van der Waals surface area contributed by atoms with Gasteiger partial charge in [0.05, 0.1) is 28.8 Å². The summed E-state index contributed by atoms with van der Waals surface area (Å²) in [7, 11) is 1.68. The Morgan fingerprint density at radius 2 is 1.94 bits per heavy atom. The molecule has 0 saturated carbocycles. The van der Waals surface area contributed by atoms with Crippen LogP contribution in [0.25, 0.3) is 16.7 Å². The summed E-state index contributed by atoms with van der Waals surface area (Å²) in [6, 6.07) is 10.6. The number of nitrogens with zero attached hydrogens (tertiary/aromatic N) is 4. The van der Waals surface area contributed by atoms with Gasteiger partial charge in [-0.15, -0.1) is 12.4 Å². The fraction of sp³-hybridized carbons (Fsp3) is 0.520. The smallest absolute Gasteiger partial charge is 0.157 e. The van der Waals surface area contributed by atoms with Crippen LogP contribution in [0, 0.1) is 18.3 Å². The van der Waals surface area contributed by atoms with E-state index in [0.29, 0.717) is 11.5 Å². The molecule has 176 valence electrons. The Morgan fingerprint density at radius 1 is 1.24 bits per heavy atom. The lowest BCUT2D eigenvalue weighted by Crippen LogP contribution is -2.48. The minimum absolute atomic E-state index is 0. The molecule has 2 aliphatic heterocycles. The van der Waals surface area contributed by atoms with Crippen molar-refractivity contribution in [3.05, 3.63) is 41.0 Å². The average molecular weight is 471 g/mol. The van der Waals surface area contributed by atoms with Gasteiger partial charge in [-0.3, -0.25) is 4.40 Å². The lowest BCUT2D eigenvalue weighted by atomic mass is 9.85. The van der Waals surface area contributed by atoms with Crippen LogP contribution in [0.3, 0.4) is 0 Å². The topological polar surface area (TPSA) is 83.0 Å². The molecule has 2 aliphatic rings. The van der Waals surface area contributed by atoms with E-state index in [1.807, 2.05) is 18.2 Å². The third-order valence-electron chi connectivity index (χ3n) is 7.44. The van der Waals surface area contributed by atoms with E-state index in [0.717, 1.165) is 85.6 Å². The summed E-state index contributed by atoms with van der Waals surface area (Å²) in [5.41, 5.74) is 5.14. The van der Waals surface area contributed by atoms with Crippen LogP contribution in [0.2, 0.25) is 0 Å². The van der Waals surface area contributed by atoms with Crippen LogP contribution in [0.15, 0.2) is 24.3 Å². The molecule has 2 saturated heterocycles. The second-order valence-electron chi connectivity index (χ2n) is 9.03. The molecule has 3 aromatic rings. The molecule has 0 atom stereocenters. The molecule has 2 fully saturated rings. The maximum atomic E-state index is 10.2. The van der Waals surface area contributed by atoms with Crippen LogP contribution in [-0.2, 0) is 9.47 Å². The van der Waals surface area contributed by atoms with E-state index in [1.54, 1.807) is 7.11 Å². The van der Waals surface area contributed by atoms with Crippen molar-refractivity contribution in [2.75, 3.05) is 44.9 Å². The second kappa shape index (κ2) is 9.47. The highest BCUT2D eigenvalue weighted by Crippen LogP contribution is 2.41. The van der Waals surface area contributed by atoms with E-state index in [4.69, 9.17) is 14.5 Å². The number of methoxy groups -OCH3 is 1. The first-order chi connectivity index (χ1) is 15.6. The highest BCUT2D eigenvalue weighted by Gasteiger charge is 2.36. The number of nitriles is 1. The number of hydrogen-bond donors (Lipinski definition) is 1. The molecule has 0 bridgehead atoms. The number of pyridine rings is 1. The maximum Gasteiger partial charge on any atom is 0.157 e. The fourth-order valence-electron chi connectivity index (χ4n) is 5.54. The van der Waals surface area contributed by atoms with Gasteiger partial charge < -0.3 is 19.5 Å². The van der Waals surface area contributed by atoms with Gasteiger partial charge in [0.2, 0.25) is 0 Å². The molecular weight excluding hydrogens is 440 g/mol. The number of imidazole rings is 1. The van der Waals surface area contributed by atoms with Crippen molar-refractivity contribution in [2.24, 2.45) is 0 Å². The molecule has 0 amide bonds. The Kier molecular flexibility index (Phi) is 6.83. The Morgan fingerprint density at radius 3 is 2.58 bits per heavy atom. The van der Waals surface area contributed by atoms with Crippen molar-refractivity contribution >= 4 is 34.9 Å². The predicted octanol–water partition coefficient (Wildman–Crippen LogP) is 3.96. The first-order valence-corrected chi connectivity index (χ1v) is 11.4. The van der Waals surface area contributed by atoms with E-state index < -0.39 is 5.60 Å². The molecule has 5 rings (SSSR count). The number of para-hydroxylation sites is 2. The monoisotopic (exact) mass is 470 g/mol. The molecule has 1 N–H and O–H groups in total. The molecule has 0 spiro atoms. The summed E-state index contributed by atoms with van der Waals surface area (Å²) < 4.78 is 13.5. The van der Waals surface area contributed by atoms with Gasteiger partial charge >= 0.3 is 0 Å². The van der Waals surface area contributed by atoms with Crippen LogP contribution < -0.4 is 4.90 Å². The molecule has 33 heavy (non-hydrogen) atoms. The fourth-order valence-corrected chi connectivity index (χ4v) is 5.54. The van der Waals surface area contributed by atoms with Gasteiger partial charge in [-0.1, -0.05) is 12.1 Å². The second-order valence-corrected chi connectivity index (χ2v) is 9.03. The van der Waals surface area contributed by atoms with Crippen LogP contribution in [0.5, 0.6) is 0 Å². The predicted molar refractivity (Wildman–Crippen MR) is 130 cm³/mol. The molecule has 4 heterocycles. The van der Waals surface area contributed by atoms with Crippen LogP contribution in [0.4, 0.5) is 5.82 Å². The normalized spacial score (nSPS) is 18.9. The number of ether oxygens (including phenoxy) is 2. The molecule has 2 aromatic heterocycles. The minimum atomic E-state index is -0.476. The summed E-state index contributed by atoms with van der Waals surface area (Å²) in [6.07, 6.45) is 3.34. The lowest BCUT2D eigenvalue weighted by Gasteiger charge is -2.41. The number of piperidine rings is 1. The van der Waals surface area contributed by atoms with Crippen molar-refractivity contribution < 1.29 is 14.6 Å². The maximum absolute atomic E-state index is 10.2.